The summed E-state index contributed by atoms with van der Waals surface area (Å²) in [5, 5.41) is 2.60. The minimum absolute atomic E-state index is 0.0188. The molecule has 0 bridgehead atoms. The first-order valence-corrected chi connectivity index (χ1v) is 10.5. The van der Waals surface area contributed by atoms with E-state index in [9.17, 15) is 22.8 Å². The summed E-state index contributed by atoms with van der Waals surface area (Å²) in [6, 6.07) is 2.55. The molecule has 1 aromatic carbocycles. The number of amides is 2. The minimum Gasteiger partial charge on any atom is -0.491 e. The fraction of sp³-hybridized carbons (Fsp3) is 0.409. The highest BCUT2D eigenvalue weighted by Crippen LogP contribution is 2.42. The fourth-order valence-electron chi connectivity index (χ4n) is 4.16. The molecule has 1 atom stereocenters. The maximum atomic E-state index is 13.2. The highest BCUT2D eigenvalue weighted by Gasteiger charge is 2.40. The smallest absolute Gasteiger partial charge is 0.416 e. The summed E-state index contributed by atoms with van der Waals surface area (Å²) >= 11 is 0. The van der Waals surface area contributed by atoms with Gasteiger partial charge in [0.15, 0.2) is 0 Å². The van der Waals surface area contributed by atoms with Crippen LogP contribution >= 0.6 is 0 Å². The third-order valence-electron chi connectivity index (χ3n) is 6.15. The van der Waals surface area contributed by atoms with Gasteiger partial charge in [-0.3, -0.25) is 9.59 Å². The highest BCUT2D eigenvalue weighted by molar-refractivity contribution is 6.39. The second kappa shape index (κ2) is 7.91. The van der Waals surface area contributed by atoms with Crippen molar-refractivity contribution in [1.29, 1.82) is 0 Å². The Hall–Kier alpha value is -3.34. The number of nitrogen functional groups attached to an aromatic ring is 1. The average molecular weight is 462 g/mol. The highest BCUT2D eigenvalue weighted by atomic mass is 19.4. The van der Waals surface area contributed by atoms with Gasteiger partial charge in [-0.25, -0.2) is 4.98 Å². The Balaban J connectivity index is 1.39. The number of halogens is 3. The van der Waals surface area contributed by atoms with E-state index in [1.54, 1.807) is 0 Å². The Morgan fingerprint density at radius 2 is 1.97 bits per heavy atom. The van der Waals surface area contributed by atoms with Crippen molar-refractivity contribution in [1.82, 2.24) is 9.88 Å². The maximum Gasteiger partial charge on any atom is 0.416 e. The second-order valence-electron chi connectivity index (χ2n) is 8.44. The first-order chi connectivity index (χ1) is 15.7. The van der Waals surface area contributed by atoms with Crippen LogP contribution in [0.15, 0.2) is 24.4 Å². The normalized spacial score (nSPS) is 18.9. The number of ether oxygens (including phenoxy) is 2. The van der Waals surface area contributed by atoms with Crippen molar-refractivity contribution in [3.05, 3.63) is 46.6 Å². The molecule has 174 valence electrons. The van der Waals surface area contributed by atoms with Crippen molar-refractivity contribution >= 4 is 23.3 Å². The molecule has 8 nitrogen and oxygen atoms in total. The number of alkyl halides is 3. The van der Waals surface area contributed by atoms with Crippen molar-refractivity contribution < 1.29 is 32.2 Å². The summed E-state index contributed by atoms with van der Waals surface area (Å²) < 4.78 is 50.0. The van der Waals surface area contributed by atoms with Crippen LogP contribution in [0.3, 0.4) is 0 Å². The monoisotopic (exact) mass is 462 g/mol. The van der Waals surface area contributed by atoms with Gasteiger partial charge in [-0.05, 0) is 30.9 Å². The molecule has 0 radical (unpaired) electrons. The molecule has 11 heteroatoms. The first kappa shape index (κ1) is 21.5. The van der Waals surface area contributed by atoms with Crippen molar-refractivity contribution in [3.8, 4) is 5.75 Å². The van der Waals surface area contributed by atoms with Crippen LogP contribution in [0.1, 0.15) is 41.1 Å². The average Bonchev–Trinajstić information content (AvgIpc) is 3.28. The Kier molecular flexibility index (Phi) is 5.15. The minimum atomic E-state index is -4.50. The van der Waals surface area contributed by atoms with Gasteiger partial charge in [0.2, 0.25) is 0 Å². The number of fused-ring (bicyclic) bond motifs is 2. The van der Waals surface area contributed by atoms with E-state index < -0.39 is 29.6 Å². The summed E-state index contributed by atoms with van der Waals surface area (Å²) in [6.07, 6.45) is -1.28. The van der Waals surface area contributed by atoms with Gasteiger partial charge in [0.05, 0.1) is 36.7 Å². The largest absolute Gasteiger partial charge is 0.491 e. The first-order valence-electron chi connectivity index (χ1n) is 10.5. The van der Waals surface area contributed by atoms with E-state index in [1.165, 1.54) is 17.2 Å². The van der Waals surface area contributed by atoms with Gasteiger partial charge < -0.3 is 25.4 Å². The lowest BCUT2D eigenvalue weighted by atomic mass is 10.0. The Morgan fingerprint density at radius 3 is 2.70 bits per heavy atom. The number of carbonyl (C=O) groups is 2. The van der Waals surface area contributed by atoms with Crippen LogP contribution in [0.5, 0.6) is 5.75 Å². The van der Waals surface area contributed by atoms with E-state index in [4.69, 9.17) is 15.2 Å². The van der Waals surface area contributed by atoms with Gasteiger partial charge in [0, 0.05) is 23.2 Å². The molecule has 33 heavy (non-hydrogen) atoms. The zero-order valence-electron chi connectivity index (χ0n) is 17.4. The molecule has 1 aliphatic carbocycles. The number of anilines is 2. The summed E-state index contributed by atoms with van der Waals surface area (Å²) in [6.45, 7) is 0.815. The molecule has 2 aliphatic heterocycles. The number of rotatable bonds is 4. The number of nitrogens with zero attached hydrogens (tertiary/aromatic N) is 2. The number of aromatic nitrogens is 1. The predicted octanol–water partition coefficient (Wildman–Crippen LogP) is 3.02. The molecule has 1 unspecified atom stereocenters. The molecule has 1 fully saturated rings. The van der Waals surface area contributed by atoms with Crippen LogP contribution in [0.4, 0.5) is 24.7 Å². The van der Waals surface area contributed by atoms with E-state index in [-0.39, 0.29) is 31.5 Å². The van der Waals surface area contributed by atoms with Gasteiger partial charge >= 0.3 is 18.0 Å². The molecule has 2 aromatic rings. The summed E-state index contributed by atoms with van der Waals surface area (Å²) in [4.78, 5) is 31.6. The molecule has 0 saturated heterocycles. The number of nitrogens with two attached hydrogens (primary N) is 1. The lowest BCUT2D eigenvalue weighted by molar-refractivity contribution is -0.145. The number of hydrogen-bond donors (Lipinski definition) is 2. The van der Waals surface area contributed by atoms with Crippen LogP contribution in [0, 0.1) is 5.92 Å². The molecule has 3 aliphatic rings. The second-order valence-corrected chi connectivity index (χ2v) is 8.44. The Labute approximate surface area is 186 Å². The van der Waals surface area contributed by atoms with E-state index in [2.05, 4.69) is 10.3 Å². The SMILES string of the molecule is Nc1ncc(NC(=O)C(=O)N(CC2CC2)C2COc3cc(C(F)(F)F)ccc32)c2c1COC2. The van der Waals surface area contributed by atoms with Crippen LogP contribution in [-0.4, -0.2) is 34.8 Å². The van der Waals surface area contributed by atoms with Crippen molar-refractivity contribution in [3.63, 3.8) is 0 Å². The van der Waals surface area contributed by atoms with Crippen LogP contribution < -0.4 is 15.8 Å². The van der Waals surface area contributed by atoms with Crippen molar-refractivity contribution in [2.24, 2.45) is 5.92 Å². The number of hydrogen-bond acceptors (Lipinski definition) is 6. The van der Waals surface area contributed by atoms with Crippen molar-refractivity contribution in [2.75, 3.05) is 24.2 Å². The standard InChI is InChI=1S/C22H21F3N4O4/c23-22(24,25)12-3-4-13-17(10-33-18(13)5-12)29(7-11-1-2-11)21(31)20(30)28-16-6-27-19(26)15-9-32-8-14(15)16/h3-6,11,17H,1-2,7-10H2,(H2,26,27)(H,28,30). The third-order valence-corrected chi connectivity index (χ3v) is 6.15. The molecule has 2 amide bonds. The van der Waals surface area contributed by atoms with Gasteiger partial charge in [-0.2, -0.15) is 13.2 Å². The van der Waals surface area contributed by atoms with Crippen molar-refractivity contribution in [2.45, 2.75) is 38.3 Å². The summed E-state index contributed by atoms with van der Waals surface area (Å²) in [5.74, 6) is -1.03. The zero-order valence-corrected chi connectivity index (χ0v) is 17.4. The molecule has 1 aromatic heterocycles. The summed E-state index contributed by atoms with van der Waals surface area (Å²) in [5.41, 5.74) is 7.16. The zero-order chi connectivity index (χ0) is 23.3. The third kappa shape index (κ3) is 4.08. The Morgan fingerprint density at radius 1 is 1.21 bits per heavy atom. The molecule has 5 rings (SSSR count). The molecular formula is C22H21F3N4O4. The number of pyridine rings is 1. The van der Waals surface area contributed by atoms with Gasteiger partial charge in [0.1, 0.15) is 18.2 Å². The molecular weight excluding hydrogens is 441 g/mol. The van der Waals surface area contributed by atoms with Crippen LogP contribution in [0.25, 0.3) is 0 Å². The molecule has 1 saturated carbocycles. The van der Waals surface area contributed by atoms with E-state index in [0.29, 0.717) is 34.7 Å². The van der Waals surface area contributed by atoms with E-state index >= 15 is 0 Å². The number of carbonyl (C=O) groups excluding carboxylic acids is 2. The lowest BCUT2D eigenvalue weighted by Crippen LogP contribution is -2.43. The van der Waals surface area contributed by atoms with Crippen LogP contribution in [-0.2, 0) is 33.7 Å². The topological polar surface area (TPSA) is 107 Å². The van der Waals surface area contributed by atoms with E-state index in [0.717, 1.165) is 25.0 Å². The van der Waals surface area contributed by atoms with Gasteiger partial charge in [0.25, 0.3) is 0 Å². The van der Waals surface area contributed by atoms with E-state index in [1.807, 2.05) is 0 Å². The lowest BCUT2D eigenvalue weighted by Gasteiger charge is -2.28. The summed E-state index contributed by atoms with van der Waals surface area (Å²) in [7, 11) is 0. The maximum absolute atomic E-state index is 13.2. The van der Waals surface area contributed by atoms with Crippen LogP contribution in [0.2, 0.25) is 0 Å². The van der Waals surface area contributed by atoms with Gasteiger partial charge in [-0.1, -0.05) is 6.07 Å². The number of benzene rings is 1. The Bertz CT molecular complexity index is 1130. The fourth-order valence-corrected chi connectivity index (χ4v) is 4.16. The predicted molar refractivity (Wildman–Crippen MR) is 110 cm³/mol. The molecule has 3 N–H and O–H groups in total. The molecule has 3 heterocycles. The molecule has 0 spiro atoms. The number of nitrogens with one attached hydrogen (secondary N) is 1. The quantitative estimate of drug-likeness (QED) is 0.677. The van der Waals surface area contributed by atoms with Gasteiger partial charge in [-0.15, -0.1) is 0 Å².